The number of primary amides is 1. The van der Waals surface area contributed by atoms with Crippen LogP contribution in [-0.2, 0) is 12.8 Å². The van der Waals surface area contributed by atoms with Crippen molar-refractivity contribution in [3.8, 4) is 0 Å². The van der Waals surface area contributed by atoms with Gasteiger partial charge in [-0.1, -0.05) is 0 Å². The lowest BCUT2D eigenvalue weighted by Gasteiger charge is -2.23. The second-order valence-corrected chi connectivity index (χ2v) is 4.59. The predicted molar refractivity (Wildman–Crippen MR) is 67.1 cm³/mol. The molecule has 1 atom stereocenters. The zero-order valence-electron chi connectivity index (χ0n) is 9.71. The molecule has 4 N–H and O–H groups in total. The summed E-state index contributed by atoms with van der Waals surface area (Å²) < 4.78 is 0. The molecule has 0 spiro atoms. The SMILES string of the molecule is CNC1Cc2c[nH]c3ccc(C(N)=O)c(c23)C1. The number of nitrogens with two attached hydrogens (primary N) is 1. The first-order valence-electron chi connectivity index (χ1n) is 5.79. The van der Waals surface area contributed by atoms with Crippen molar-refractivity contribution in [2.45, 2.75) is 18.9 Å². The molecule has 3 rings (SSSR count). The number of likely N-dealkylation sites (N-methyl/N-ethyl adjacent to an activating group) is 1. The lowest BCUT2D eigenvalue weighted by molar-refractivity contribution is 0.0999. The fraction of sp³-hybridized carbons (Fsp3) is 0.308. The quantitative estimate of drug-likeness (QED) is 0.717. The Morgan fingerprint density at radius 1 is 1.47 bits per heavy atom. The van der Waals surface area contributed by atoms with Crippen LogP contribution in [0.25, 0.3) is 10.9 Å². The maximum atomic E-state index is 11.5. The molecule has 1 heterocycles. The first-order chi connectivity index (χ1) is 8.20. The fourth-order valence-corrected chi connectivity index (χ4v) is 2.76. The zero-order chi connectivity index (χ0) is 12.0. The first kappa shape index (κ1) is 10.4. The summed E-state index contributed by atoms with van der Waals surface area (Å²) >= 11 is 0. The van der Waals surface area contributed by atoms with E-state index >= 15 is 0 Å². The smallest absolute Gasteiger partial charge is 0.249 e. The zero-order valence-corrected chi connectivity index (χ0v) is 9.71. The molecule has 1 amide bonds. The Bertz CT molecular complexity index is 600. The normalized spacial score (nSPS) is 18.5. The van der Waals surface area contributed by atoms with Crippen molar-refractivity contribution < 1.29 is 4.79 Å². The van der Waals surface area contributed by atoms with Crippen LogP contribution >= 0.6 is 0 Å². The lowest BCUT2D eigenvalue weighted by Crippen LogP contribution is -2.33. The number of carbonyl (C=O) groups is 1. The van der Waals surface area contributed by atoms with Crippen molar-refractivity contribution in [2.75, 3.05) is 7.05 Å². The Labute approximate surface area is 99.2 Å². The van der Waals surface area contributed by atoms with E-state index in [1.807, 2.05) is 25.4 Å². The van der Waals surface area contributed by atoms with E-state index < -0.39 is 0 Å². The Morgan fingerprint density at radius 3 is 3.00 bits per heavy atom. The number of amides is 1. The maximum absolute atomic E-state index is 11.5. The van der Waals surface area contributed by atoms with Gasteiger partial charge >= 0.3 is 0 Å². The van der Waals surface area contributed by atoms with E-state index in [4.69, 9.17) is 5.73 Å². The molecule has 4 nitrogen and oxygen atoms in total. The van der Waals surface area contributed by atoms with Crippen LogP contribution in [0.15, 0.2) is 18.3 Å². The number of hydrogen-bond donors (Lipinski definition) is 3. The van der Waals surface area contributed by atoms with Gasteiger partial charge in [0.1, 0.15) is 0 Å². The number of nitrogens with one attached hydrogen (secondary N) is 2. The van der Waals surface area contributed by atoms with Crippen molar-refractivity contribution in [3.63, 3.8) is 0 Å². The molecule has 0 aliphatic heterocycles. The lowest BCUT2D eigenvalue weighted by atomic mass is 9.86. The minimum Gasteiger partial charge on any atom is -0.366 e. The highest BCUT2D eigenvalue weighted by Crippen LogP contribution is 2.31. The standard InChI is InChI=1S/C13H15N3O/c1-15-8-4-7-6-16-11-3-2-9(13(14)17)10(5-8)12(7)11/h2-3,6,8,15-16H,4-5H2,1H3,(H2,14,17). The molecule has 1 aromatic heterocycles. The van der Waals surface area contributed by atoms with E-state index in [0.29, 0.717) is 11.6 Å². The summed E-state index contributed by atoms with van der Waals surface area (Å²) in [5.41, 5.74) is 9.53. The van der Waals surface area contributed by atoms with Gasteiger partial charge in [0.05, 0.1) is 0 Å². The number of H-pyrrole nitrogens is 1. The third-order valence-corrected chi connectivity index (χ3v) is 3.63. The third kappa shape index (κ3) is 1.45. The third-order valence-electron chi connectivity index (χ3n) is 3.63. The average Bonchev–Trinajstić information content (AvgIpc) is 2.73. The molecule has 88 valence electrons. The molecule has 0 saturated carbocycles. The highest BCUT2D eigenvalue weighted by atomic mass is 16.1. The van der Waals surface area contributed by atoms with Crippen LogP contribution in [0.4, 0.5) is 0 Å². The van der Waals surface area contributed by atoms with E-state index in [1.54, 1.807) is 0 Å². The number of carbonyl (C=O) groups excluding carboxylic acids is 1. The van der Waals surface area contributed by atoms with Crippen molar-refractivity contribution in [2.24, 2.45) is 5.73 Å². The Hall–Kier alpha value is -1.81. The Kier molecular flexibility index (Phi) is 2.19. The largest absolute Gasteiger partial charge is 0.366 e. The van der Waals surface area contributed by atoms with Crippen LogP contribution in [0.3, 0.4) is 0 Å². The van der Waals surface area contributed by atoms with Gasteiger partial charge in [-0.05, 0) is 43.1 Å². The van der Waals surface area contributed by atoms with Gasteiger partial charge in [0.2, 0.25) is 5.91 Å². The van der Waals surface area contributed by atoms with Crippen LogP contribution in [0.1, 0.15) is 21.5 Å². The summed E-state index contributed by atoms with van der Waals surface area (Å²) in [5.74, 6) is -0.342. The van der Waals surface area contributed by atoms with E-state index in [2.05, 4.69) is 10.3 Å². The molecule has 0 saturated heterocycles. The molecular formula is C13H15N3O. The Morgan fingerprint density at radius 2 is 2.29 bits per heavy atom. The van der Waals surface area contributed by atoms with Crippen molar-refractivity contribution in [1.29, 1.82) is 0 Å². The molecule has 2 aromatic rings. The van der Waals surface area contributed by atoms with Gasteiger partial charge in [0.25, 0.3) is 0 Å². The van der Waals surface area contributed by atoms with Crippen molar-refractivity contribution >= 4 is 16.8 Å². The molecule has 1 aromatic carbocycles. The molecule has 1 unspecified atom stereocenters. The van der Waals surface area contributed by atoms with Gasteiger partial charge in [0, 0.05) is 28.7 Å². The second kappa shape index (κ2) is 3.60. The van der Waals surface area contributed by atoms with Gasteiger partial charge < -0.3 is 16.0 Å². The molecule has 0 radical (unpaired) electrons. The molecule has 4 heteroatoms. The molecule has 1 aliphatic carbocycles. The first-order valence-corrected chi connectivity index (χ1v) is 5.79. The van der Waals surface area contributed by atoms with Crippen LogP contribution in [0, 0.1) is 0 Å². The van der Waals surface area contributed by atoms with Crippen LogP contribution in [-0.4, -0.2) is 24.0 Å². The van der Waals surface area contributed by atoms with E-state index in [-0.39, 0.29) is 5.91 Å². The second-order valence-electron chi connectivity index (χ2n) is 4.59. The van der Waals surface area contributed by atoms with Crippen molar-refractivity contribution in [3.05, 3.63) is 35.0 Å². The number of benzene rings is 1. The fourth-order valence-electron chi connectivity index (χ4n) is 2.76. The average molecular weight is 229 g/mol. The van der Waals surface area contributed by atoms with Crippen LogP contribution < -0.4 is 11.1 Å². The summed E-state index contributed by atoms with van der Waals surface area (Å²) in [7, 11) is 1.95. The summed E-state index contributed by atoms with van der Waals surface area (Å²) in [6.07, 6.45) is 3.88. The highest BCUT2D eigenvalue weighted by Gasteiger charge is 2.24. The molecule has 0 bridgehead atoms. The summed E-state index contributed by atoms with van der Waals surface area (Å²) in [5, 5.41) is 4.47. The summed E-state index contributed by atoms with van der Waals surface area (Å²) in [4.78, 5) is 14.7. The maximum Gasteiger partial charge on any atom is 0.249 e. The van der Waals surface area contributed by atoms with E-state index in [1.165, 1.54) is 10.9 Å². The number of hydrogen-bond acceptors (Lipinski definition) is 2. The molecule has 17 heavy (non-hydrogen) atoms. The molecular weight excluding hydrogens is 214 g/mol. The number of aromatic amines is 1. The minimum absolute atomic E-state index is 0.342. The highest BCUT2D eigenvalue weighted by molar-refractivity contribution is 6.01. The molecule has 0 fully saturated rings. The summed E-state index contributed by atoms with van der Waals surface area (Å²) in [6, 6.07) is 4.13. The van der Waals surface area contributed by atoms with Gasteiger partial charge in [-0.3, -0.25) is 4.79 Å². The van der Waals surface area contributed by atoms with E-state index in [9.17, 15) is 4.79 Å². The van der Waals surface area contributed by atoms with Crippen molar-refractivity contribution in [1.82, 2.24) is 10.3 Å². The summed E-state index contributed by atoms with van der Waals surface area (Å²) in [6.45, 7) is 0. The minimum atomic E-state index is -0.342. The predicted octanol–water partition coefficient (Wildman–Crippen LogP) is 0.953. The number of aromatic nitrogens is 1. The van der Waals surface area contributed by atoms with E-state index in [0.717, 1.165) is 23.9 Å². The monoisotopic (exact) mass is 229 g/mol. The topological polar surface area (TPSA) is 70.9 Å². The van der Waals surface area contributed by atoms with Gasteiger partial charge in [-0.15, -0.1) is 0 Å². The molecule has 1 aliphatic rings. The van der Waals surface area contributed by atoms with Crippen LogP contribution in [0.2, 0.25) is 0 Å². The van der Waals surface area contributed by atoms with Gasteiger partial charge in [0.15, 0.2) is 0 Å². The van der Waals surface area contributed by atoms with Gasteiger partial charge in [-0.2, -0.15) is 0 Å². The van der Waals surface area contributed by atoms with Gasteiger partial charge in [-0.25, -0.2) is 0 Å². The Balaban J connectivity index is 2.29. The van der Waals surface area contributed by atoms with Crippen LogP contribution in [0.5, 0.6) is 0 Å². The number of rotatable bonds is 2.